The number of hydrogen-bond donors (Lipinski definition) is 0. The molecule has 1 heterocycles. The summed E-state index contributed by atoms with van der Waals surface area (Å²) in [5.41, 5.74) is 0. The molecule has 0 fully saturated rings. The van der Waals surface area contributed by atoms with E-state index in [0.29, 0.717) is 6.42 Å². The Labute approximate surface area is 64.4 Å². The summed E-state index contributed by atoms with van der Waals surface area (Å²) in [6, 6.07) is 0. The molecule has 0 unspecified atom stereocenters. The largest absolute Gasteiger partial charge is 0.291 e. The van der Waals surface area contributed by atoms with E-state index in [1.807, 2.05) is 6.92 Å². The standard InChI is InChI=1S/C6H10N4O/c1-3-4-5(11)6-7-9-10(2)8-6/h3-4H2,1-2H3. The third-order valence-corrected chi connectivity index (χ3v) is 1.23. The van der Waals surface area contributed by atoms with Gasteiger partial charge in [0.2, 0.25) is 11.6 Å². The highest BCUT2D eigenvalue weighted by atomic mass is 16.1. The molecule has 1 aromatic rings. The van der Waals surface area contributed by atoms with Crippen LogP contribution in [0.2, 0.25) is 0 Å². The van der Waals surface area contributed by atoms with Gasteiger partial charge < -0.3 is 0 Å². The van der Waals surface area contributed by atoms with Gasteiger partial charge in [0.1, 0.15) is 0 Å². The van der Waals surface area contributed by atoms with Crippen LogP contribution in [0.15, 0.2) is 0 Å². The minimum atomic E-state index is -0.0411. The summed E-state index contributed by atoms with van der Waals surface area (Å²) in [7, 11) is 1.63. The number of hydrogen-bond acceptors (Lipinski definition) is 4. The summed E-state index contributed by atoms with van der Waals surface area (Å²) in [6.07, 6.45) is 1.31. The second-order valence-corrected chi connectivity index (χ2v) is 2.28. The lowest BCUT2D eigenvalue weighted by Gasteiger charge is -1.87. The first-order valence-corrected chi connectivity index (χ1v) is 3.51. The smallest absolute Gasteiger partial charge is 0.240 e. The van der Waals surface area contributed by atoms with Crippen LogP contribution in [0.3, 0.4) is 0 Å². The van der Waals surface area contributed by atoms with Crippen molar-refractivity contribution in [3.05, 3.63) is 5.82 Å². The Morgan fingerprint density at radius 2 is 2.36 bits per heavy atom. The van der Waals surface area contributed by atoms with Gasteiger partial charge in [0, 0.05) is 6.42 Å². The Kier molecular flexibility index (Phi) is 2.30. The number of rotatable bonds is 3. The average molecular weight is 154 g/mol. The molecule has 0 atom stereocenters. The predicted molar refractivity (Wildman–Crippen MR) is 38.0 cm³/mol. The zero-order chi connectivity index (χ0) is 8.27. The van der Waals surface area contributed by atoms with Crippen molar-refractivity contribution in [2.45, 2.75) is 19.8 Å². The molecule has 0 N–H and O–H groups in total. The summed E-state index contributed by atoms with van der Waals surface area (Å²) < 4.78 is 0. The van der Waals surface area contributed by atoms with Crippen molar-refractivity contribution < 1.29 is 4.79 Å². The summed E-state index contributed by atoms with van der Waals surface area (Å²) in [5, 5.41) is 10.9. The first kappa shape index (κ1) is 7.84. The minimum Gasteiger partial charge on any atom is -0.291 e. The van der Waals surface area contributed by atoms with Crippen LogP contribution in [0.1, 0.15) is 30.4 Å². The lowest BCUT2D eigenvalue weighted by Crippen LogP contribution is -2.01. The van der Waals surface area contributed by atoms with E-state index in [4.69, 9.17) is 0 Å². The van der Waals surface area contributed by atoms with Crippen LogP contribution in [0.25, 0.3) is 0 Å². The van der Waals surface area contributed by atoms with Crippen LogP contribution in [0.5, 0.6) is 0 Å². The van der Waals surface area contributed by atoms with Crippen LogP contribution in [-0.4, -0.2) is 26.0 Å². The third kappa shape index (κ3) is 1.83. The fraction of sp³-hybridized carbons (Fsp3) is 0.667. The van der Waals surface area contributed by atoms with Crippen molar-refractivity contribution in [3.63, 3.8) is 0 Å². The molecular weight excluding hydrogens is 144 g/mol. The molecule has 0 aliphatic rings. The molecular formula is C6H10N4O. The van der Waals surface area contributed by atoms with Crippen LogP contribution in [-0.2, 0) is 7.05 Å². The first-order chi connectivity index (χ1) is 5.24. The van der Waals surface area contributed by atoms with E-state index >= 15 is 0 Å². The van der Waals surface area contributed by atoms with Gasteiger partial charge in [-0.05, 0) is 11.6 Å². The van der Waals surface area contributed by atoms with Gasteiger partial charge in [0.25, 0.3) is 0 Å². The summed E-state index contributed by atoms with van der Waals surface area (Å²) >= 11 is 0. The molecule has 5 heteroatoms. The zero-order valence-electron chi connectivity index (χ0n) is 6.61. The maximum absolute atomic E-state index is 11.1. The number of tetrazole rings is 1. The van der Waals surface area contributed by atoms with Crippen molar-refractivity contribution >= 4 is 5.78 Å². The van der Waals surface area contributed by atoms with E-state index in [1.165, 1.54) is 4.80 Å². The van der Waals surface area contributed by atoms with Crippen LogP contribution in [0.4, 0.5) is 0 Å². The highest BCUT2D eigenvalue weighted by Crippen LogP contribution is 1.96. The Morgan fingerprint density at radius 3 is 2.82 bits per heavy atom. The lowest BCUT2D eigenvalue weighted by atomic mass is 10.2. The van der Waals surface area contributed by atoms with Crippen molar-refractivity contribution in [2.75, 3.05) is 0 Å². The molecule has 11 heavy (non-hydrogen) atoms. The number of aromatic nitrogens is 4. The molecule has 0 aliphatic carbocycles. The van der Waals surface area contributed by atoms with Gasteiger partial charge >= 0.3 is 0 Å². The topological polar surface area (TPSA) is 60.7 Å². The minimum absolute atomic E-state index is 0.0411. The van der Waals surface area contributed by atoms with E-state index in [9.17, 15) is 4.79 Å². The van der Waals surface area contributed by atoms with Crippen molar-refractivity contribution in [2.24, 2.45) is 7.05 Å². The Hall–Kier alpha value is -1.26. The molecule has 0 aliphatic heterocycles. The summed E-state index contributed by atoms with van der Waals surface area (Å²) in [6.45, 7) is 1.94. The van der Waals surface area contributed by atoms with E-state index in [1.54, 1.807) is 7.05 Å². The molecule has 0 radical (unpaired) electrons. The molecule has 0 saturated carbocycles. The molecule has 0 amide bonds. The Bertz CT molecular complexity index is 255. The quantitative estimate of drug-likeness (QED) is 0.583. The van der Waals surface area contributed by atoms with Gasteiger partial charge in [0.15, 0.2) is 0 Å². The van der Waals surface area contributed by atoms with E-state index < -0.39 is 0 Å². The number of ketones is 1. The fourth-order valence-corrected chi connectivity index (χ4v) is 0.735. The van der Waals surface area contributed by atoms with Crippen LogP contribution >= 0.6 is 0 Å². The number of nitrogens with zero attached hydrogens (tertiary/aromatic N) is 4. The van der Waals surface area contributed by atoms with E-state index in [0.717, 1.165) is 6.42 Å². The molecule has 1 aromatic heterocycles. The highest BCUT2D eigenvalue weighted by molar-refractivity contribution is 5.92. The molecule has 5 nitrogen and oxygen atoms in total. The normalized spacial score (nSPS) is 10.0. The number of Topliss-reactive ketones (excluding diaryl/α,β-unsaturated/α-hetero) is 1. The van der Waals surface area contributed by atoms with Crippen LogP contribution < -0.4 is 0 Å². The van der Waals surface area contributed by atoms with Crippen LogP contribution in [0, 0.1) is 0 Å². The second kappa shape index (κ2) is 3.23. The second-order valence-electron chi connectivity index (χ2n) is 2.28. The molecule has 0 bridgehead atoms. The molecule has 0 saturated heterocycles. The fourth-order valence-electron chi connectivity index (χ4n) is 0.735. The third-order valence-electron chi connectivity index (χ3n) is 1.23. The molecule has 0 aromatic carbocycles. The highest BCUT2D eigenvalue weighted by Gasteiger charge is 2.09. The SMILES string of the molecule is CCCC(=O)c1nnn(C)n1. The van der Waals surface area contributed by atoms with Gasteiger partial charge in [0.05, 0.1) is 7.05 Å². The average Bonchev–Trinajstić information content (AvgIpc) is 2.36. The molecule has 60 valence electrons. The maximum atomic E-state index is 11.1. The van der Waals surface area contributed by atoms with Gasteiger partial charge in [-0.3, -0.25) is 4.79 Å². The van der Waals surface area contributed by atoms with Gasteiger partial charge in [-0.1, -0.05) is 6.92 Å². The number of aryl methyl sites for hydroxylation is 1. The van der Waals surface area contributed by atoms with Crippen molar-refractivity contribution in [3.8, 4) is 0 Å². The van der Waals surface area contributed by atoms with Gasteiger partial charge in [-0.25, -0.2) is 0 Å². The Balaban J connectivity index is 2.69. The van der Waals surface area contributed by atoms with Gasteiger partial charge in [-0.2, -0.15) is 4.80 Å². The number of carbonyl (C=O) groups excluding carboxylic acids is 1. The lowest BCUT2D eigenvalue weighted by molar-refractivity contribution is 0.0971. The predicted octanol–water partition coefficient (Wildman–Crippen LogP) is 0.193. The van der Waals surface area contributed by atoms with E-state index in [-0.39, 0.29) is 11.6 Å². The van der Waals surface area contributed by atoms with Crippen molar-refractivity contribution in [1.82, 2.24) is 20.2 Å². The summed E-state index contributed by atoms with van der Waals surface area (Å²) in [4.78, 5) is 12.4. The monoisotopic (exact) mass is 154 g/mol. The Morgan fingerprint density at radius 1 is 1.64 bits per heavy atom. The molecule has 0 spiro atoms. The summed E-state index contributed by atoms with van der Waals surface area (Å²) in [5.74, 6) is 0.176. The van der Waals surface area contributed by atoms with E-state index in [2.05, 4.69) is 15.4 Å². The first-order valence-electron chi connectivity index (χ1n) is 3.51. The van der Waals surface area contributed by atoms with Crippen molar-refractivity contribution in [1.29, 1.82) is 0 Å². The zero-order valence-corrected chi connectivity index (χ0v) is 6.61. The molecule has 1 rings (SSSR count). The maximum Gasteiger partial charge on any atom is 0.240 e. The van der Waals surface area contributed by atoms with Gasteiger partial charge in [-0.15, -0.1) is 10.2 Å². The number of carbonyl (C=O) groups is 1.